The van der Waals surface area contributed by atoms with Crippen molar-refractivity contribution in [2.45, 2.75) is 25.7 Å². The Labute approximate surface area is 177 Å². The van der Waals surface area contributed by atoms with E-state index in [0.717, 1.165) is 69.2 Å². The molecule has 0 atom stereocenters. The van der Waals surface area contributed by atoms with Crippen molar-refractivity contribution in [1.82, 2.24) is 9.88 Å². The van der Waals surface area contributed by atoms with E-state index in [2.05, 4.69) is 26.2 Å². The number of nitriles is 1. The van der Waals surface area contributed by atoms with Crippen LogP contribution in [0.25, 0.3) is 0 Å². The van der Waals surface area contributed by atoms with Gasteiger partial charge in [0.05, 0.1) is 12.2 Å². The van der Waals surface area contributed by atoms with E-state index < -0.39 is 0 Å². The molecule has 7 nitrogen and oxygen atoms in total. The Balaban J connectivity index is 1.16. The van der Waals surface area contributed by atoms with Gasteiger partial charge in [-0.15, -0.1) is 0 Å². The number of fused-ring (bicyclic) bond motifs is 1. The first-order valence-corrected chi connectivity index (χ1v) is 10.6. The molecule has 1 amide bonds. The van der Waals surface area contributed by atoms with Crippen molar-refractivity contribution in [3.8, 4) is 11.8 Å². The van der Waals surface area contributed by atoms with E-state index in [1.165, 1.54) is 5.56 Å². The highest BCUT2D eigenvalue weighted by atomic mass is 16.5. The molecule has 1 saturated heterocycles. The van der Waals surface area contributed by atoms with E-state index in [1.54, 1.807) is 12.3 Å². The molecule has 30 heavy (non-hydrogen) atoms. The zero-order valence-corrected chi connectivity index (χ0v) is 17.1. The highest BCUT2D eigenvalue weighted by Gasteiger charge is 2.20. The topological polar surface area (TPSA) is 81.5 Å². The van der Waals surface area contributed by atoms with E-state index in [0.29, 0.717) is 18.6 Å². The number of carbonyl (C=O) groups is 1. The number of nitrogens with one attached hydrogen (secondary N) is 1. The summed E-state index contributed by atoms with van der Waals surface area (Å²) in [5.41, 5.74) is 2.70. The number of hydrogen-bond acceptors (Lipinski definition) is 6. The van der Waals surface area contributed by atoms with Crippen LogP contribution in [0.5, 0.6) is 5.75 Å². The van der Waals surface area contributed by atoms with Gasteiger partial charge in [-0.1, -0.05) is 6.07 Å². The highest BCUT2D eigenvalue weighted by molar-refractivity contribution is 5.94. The molecule has 2 aromatic rings. The average Bonchev–Trinajstić information content (AvgIpc) is 2.79. The SMILES string of the molecule is N#Cc1cccnc1N1CCN(CCCCOc2ccc3c(c2)NC(=O)CC3)CC1. The highest BCUT2D eigenvalue weighted by Crippen LogP contribution is 2.27. The van der Waals surface area contributed by atoms with Gasteiger partial charge in [0.2, 0.25) is 5.91 Å². The van der Waals surface area contributed by atoms with Crippen molar-refractivity contribution in [3.63, 3.8) is 0 Å². The van der Waals surface area contributed by atoms with Crippen LogP contribution in [0.2, 0.25) is 0 Å². The molecule has 1 aromatic carbocycles. The Morgan fingerprint density at radius 3 is 2.83 bits per heavy atom. The fourth-order valence-electron chi connectivity index (χ4n) is 3.99. The third-order valence-corrected chi connectivity index (χ3v) is 5.69. The quantitative estimate of drug-likeness (QED) is 0.714. The number of hydrogen-bond donors (Lipinski definition) is 1. The zero-order chi connectivity index (χ0) is 20.8. The van der Waals surface area contributed by atoms with Crippen LogP contribution in [0.1, 0.15) is 30.4 Å². The molecule has 0 radical (unpaired) electrons. The number of carbonyl (C=O) groups excluding carboxylic acids is 1. The monoisotopic (exact) mass is 405 g/mol. The smallest absolute Gasteiger partial charge is 0.224 e. The lowest BCUT2D eigenvalue weighted by atomic mass is 10.0. The maximum Gasteiger partial charge on any atom is 0.224 e. The first-order valence-electron chi connectivity index (χ1n) is 10.6. The predicted molar refractivity (Wildman–Crippen MR) is 116 cm³/mol. The standard InChI is InChI=1S/C23H27N5O2/c24-17-19-4-3-9-25-23(19)28-13-11-27(12-14-28)10-1-2-15-30-20-7-5-18-6-8-22(29)26-21(18)16-20/h3-5,7,9,16H,1-2,6,8,10-15H2,(H,26,29). The van der Waals surface area contributed by atoms with Crippen molar-refractivity contribution in [2.75, 3.05) is 49.5 Å². The Bertz CT molecular complexity index is 931. The summed E-state index contributed by atoms with van der Waals surface area (Å²) < 4.78 is 5.88. The molecule has 1 fully saturated rings. The molecule has 2 aliphatic heterocycles. The molecule has 7 heteroatoms. The normalized spacial score (nSPS) is 16.5. The van der Waals surface area contributed by atoms with Gasteiger partial charge in [-0.2, -0.15) is 5.26 Å². The number of amides is 1. The minimum absolute atomic E-state index is 0.0756. The largest absolute Gasteiger partial charge is 0.494 e. The van der Waals surface area contributed by atoms with Gasteiger partial charge >= 0.3 is 0 Å². The number of aromatic nitrogens is 1. The molecule has 0 bridgehead atoms. The Kier molecular flexibility index (Phi) is 6.45. The molecule has 4 rings (SSSR count). The number of nitrogens with zero attached hydrogens (tertiary/aromatic N) is 4. The fourth-order valence-corrected chi connectivity index (χ4v) is 3.99. The van der Waals surface area contributed by atoms with E-state index >= 15 is 0 Å². The van der Waals surface area contributed by atoms with E-state index in [4.69, 9.17) is 4.74 Å². The van der Waals surface area contributed by atoms with E-state index in [-0.39, 0.29) is 5.91 Å². The number of rotatable bonds is 7. The summed E-state index contributed by atoms with van der Waals surface area (Å²) in [5, 5.41) is 12.2. The number of piperazine rings is 1. The van der Waals surface area contributed by atoms with Crippen LogP contribution in [0.15, 0.2) is 36.5 Å². The molecular formula is C23H27N5O2. The van der Waals surface area contributed by atoms with Crippen molar-refractivity contribution in [1.29, 1.82) is 5.26 Å². The van der Waals surface area contributed by atoms with E-state index in [1.807, 2.05) is 24.3 Å². The number of ether oxygens (including phenoxy) is 1. The second kappa shape index (κ2) is 9.59. The number of unbranched alkanes of at least 4 members (excludes halogenated alkanes) is 1. The predicted octanol–water partition coefficient (Wildman–Crippen LogP) is 2.82. The lowest BCUT2D eigenvalue weighted by molar-refractivity contribution is -0.116. The first-order chi connectivity index (χ1) is 14.7. The minimum atomic E-state index is 0.0756. The lowest BCUT2D eigenvalue weighted by Crippen LogP contribution is -2.47. The summed E-state index contributed by atoms with van der Waals surface area (Å²) in [7, 11) is 0. The molecule has 1 N–H and O–H groups in total. The maximum atomic E-state index is 11.5. The number of pyridine rings is 1. The summed E-state index contributed by atoms with van der Waals surface area (Å²) in [5.74, 6) is 1.69. The van der Waals surface area contributed by atoms with Gasteiger partial charge in [-0.3, -0.25) is 9.69 Å². The third kappa shape index (κ3) is 4.89. The van der Waals surface area contributed by atoms with Gasteiger partial charge in [0.1, 0.15) is 17.6 Å². The minimum Gasteiger partial charge on any atom is -0.494 e. The van der Waals surface area contributed by atoms with Gasteiger partial charge in [0.25, 0.3) is 0 Å². The van der Waals surface area contributed by atoms with Gasteiger partial charge < -0.3 is 15.0 Å². The molecule has 0 saturated carbocycles. The summed E-state index contributed by atoms with van der Waals surface area (Å²) in [6.07, 6.45) is 5.17. The summed E-state index contributed by atoms with van der Waals surface area (Å²) >= 11 is 0. The zero-order valence-electron chi connectivity index (χ0n) is 17.1. The van der Waals surface area contributed by atoms with Gasteiger partial charge in [0.15, 0.2) is 0 Å². The van der Waals surface area contributed by atoms with Crippen LogP contribution in [0.4, 0.5) is 11.5 Å². The molecule has 2 aliphatic rings. The van der Waals surface area contributed by atoms with Crippen molar-refractivity contribution >= 4 is 17.4 Å². The average molecular weight is 406 g/mol. The number of aryl methyl sites for hydroxylation is 1. The second-order valence-electron chi connectivity index (χ2n) is 7.74. The van der Waals surface area contributed by atoms with Crippen LogP contribution in [-0.2, 0) is 11.2 Å². The Hall–Kier alpha value is -3.11. The number of benzene rings is 1. The molecule has 3 heterocycles. The van der Waals surface area contributed by atoms with Crippen molar-refractivity contribution in [2.24, 2.45) is 0 Å². The molecule has 0 unspecified atom stereocenters. The van der Waals surface area contributed by atoms with Crippen LogP contribution in [0.3, 0.4) is 0 Å². The summed E-state index contributed by atoms with van der Waals surface area (Å²) in [6, 6.07) is 11.8. The van der Waals surface area contributed by atoms with Crippen molar-refractivity contribution in [3.05, 3.63) is 47.7 Å². The van der Waals surface area contributed by atoms with Crippen LogP contribution >= 0.6 is 0 Å². The number of anilines is 2. The van der Waals surface area contributed by atoms with Gasteiger partial charge in [-0.05, 0) is 49.6 Å². The van der Waals surface area contributed by atoms with Gasteiger partial charge in [0, 0.05) is 50.6 Å². The maximum absolute atomic E-state index is 11.5. The molecular weight excluding hydrogens is 378 g/mol. The third-order valence-electron chi connectivity index (χ3n) is 5.69. The second-order valence-corrected chi connectivity index (χ2v) is 7.74. The Morgan fingerprint density at radius 1 is 1.13 bits per heavy atom. The van der Waals surface area contributed by atoms with Gasteiger partial charge in [-0.25, -0.2) is 4.98 Å². The van der Waals surface area contributed by atoms with Crippen LogP contribution in [-0.4, -0.2) is 55.1 Å². The van der Waals surface area contributed by atoms with E-state index in [9.17, 15) is 10.1 Å². The summed E-state index contributed by atoms with van der Waals surface area (Å²) in [6.45, 7) is 5.46. The molecule has 156 valence electrons. The fraction of sp³-hybridized carbons (Fsp3) is 0.435. The van der Waals surface area contributed by atoms with Crippen molar-refractivity contribution < 1.29 is 9.53 Å². The van der Waals surface area contributed by atoms with Crippen LogP contribution < -0.4 is 15.0 Å². The lowest BCUT2D eigenvalue weighted by Gasteiger charge is -2.35. The molecule has 1 aromatic heterocycles. The van der Waals surface area contributed by atoms with Crippen LogP contribution in [0, 0.1) is 11.3 Å². The first kappa shape index (κ1) is 20.2. The summed E-state index contributed by atoms with van der Waals surface area (Å²) in [4.78, 5) is 20.6. The Morgan fingerprint density at radius 2 is 2.00 bits per heavy atom. The molecule has 0 aliphatic carbocycles. The molecule has 0 spiro atoms.